The lowest BCUT2D eigenvalue weighted by Gasteiger charge is -2.34. The molecule has 1 aliphatic heterocycles. The van der Waals surface area contributed by atoms with Crippen molar-refractivity contribution in [2.45, 2.75) is 70.9 Å². The fraction of sp³-hybridized carbons (Fsp3) is 0.609. The normalized spacial score (nSPS) is 21.5. The average molecular weight is 412 g/mol. The second-order valence-corrected chi connectivity index (χ2v) is 8.70. The molecule has 7 heteroatoms. The van der Waals surface area contributed by atoms with Crippen LogP contribution in [0.25, 0.3) is 0 Å². The fourth-order valence-corrected chi connectivity index (χ4v) is 4.36. The van der Waals surface area contributed by atoms with Gasteiger partial charge < -0.3 is 15.0 Å². The quantitative estimate of drug-likeness (QED) is 0.778. The Labute approximate surface area is 178 Å². The van der Waals surface area contributed by atoms with Gasteiger partial charge in [0.2, 0.25) is 0 Å². The maximum Gasteiger partial charge on any atom is 0.318 e. The number of urea groups is 1. The van der Waals surface area contributed by atoms with Crippen molar-refractivity contribution in [3.63, 3.8) is 0 Å². The second-order valence-electron chi connectivity index (χ2n) is 8.70. The molecule has 1 unspecified atom stereocenters. The van der Waals surface area contributed by atoms with Crippen molar-refractivity contribution in [3.8, 4) is 0 Å². The SMILES string of the molecule is CCCc1nc(C2CN(C(=O)N[C@@H]3CCCc4ccc(C(C)C)cc43)CCO2)n[nH]1. The number of carbonyl (C=O) groups is 1. The number of ether oxygens (including phenoxy) is 1. The van der Waals surface area contributed by atoms with E-state index in [2.05, 4.69) is 59.5 Å². The molecule has 1 aliphatic carbocycles. The summed E-state index contributed by atoms with van der Waals surface area (Å²) < 4.78 is 5.86. The molecule has 7 nitrogen and oxygen atoms in total. The molecule has 2 amide bonds. The minimum atomic E-state index is -0.280. The topological polar surface area (TPSA) is 83.1 Å². The molecular formula is C23H33N5O2. The predicted octanol–water partition coefficient (Wildman–Crippen LogP) is 4.04. The summed E-state index contributed by atoms with van der Waals surface area (Å²) in [6.07, 6.45) is 4.76. The van der Waals surface area contributed by atoms with Crippen molar-refractivity contribution in [1.29, 1.82) is 0 Å². The number of morpholine rings is 1. The Hall–Kier alpha value is -2.41. The number of carbonyl (C=O) groups excluding carboxylic acids is 1. The van der Waals surface area contributed by atoms with Crippen LogP contribution in [0.5, 0.6) is 0 Å². The van der Waals surface area contributed by atoms with Gasteiger partial charge in [-0.3, -0.25) is 5.10 Å². The summed E-state index contributed by atoms with van der Waals surface area (Å²) in [6.45, 7) is 8.08. The molecule has 4 rings (SSSR count). The maximum absolute atomic E-state index is 13.1. The van der Waals surface area contributed by atoms with E-state index >= 15 is 0 Å². The van der Waals surface area contributed by atoms with E-state index in [0.29, 0.717) is 31.4 Å². The predicted molar refractivity (Wildman–Crippen MR) is 115 cm³/mol. The van der Waals surface area contributed by atoms with Gasteiger partial charge in [0.1, 0.15) is 11.9 Å². The number of hydrogen-bond acceptors (Lipinski definition) is 4. The van der Waals surface area contributed by atoms with Crippen molar-refractivity contribution in [1.82, 2.24) is 25.4 Å². The molecular weight excluding hydrogens is 378 g/mol. The first-order valence-electron chi connectivity index (χ1n) is 11.3. The minimum absolute atomic E-state index is 0.0274. The Morgan fingerprint density at radius 3 is 3.07 bits per heavy atom. The zero-order valence-corrected chi connectivity index (χ0v) is 18.3. The molecule has 2 aliphatic rings. The number of amides is 2. The van der Waals surface area contributed by atoms with E-state index in [4.69, 9.17) is 4.74 Å². The van der Waals surface area contributed by atoms with E-state index in [1.165, 1.54) is 16.7 Å². The minimum Gasteiger partial charge on any atom is -0.366 e. The third kappa shape index (κ3) is 4.51. The van der Waals surface area contributed by atoms with Crippen LogP contribution in [-0.2, 0) is 17.6 Å². The first-order valence-corrected chi connectivity index (χ1v) is 11.3. The van der Waals surface area contributed by atoms with Gasteiger partial charge in [0.05, 0.1) is 19.2 Å². The van der Waals surface area contributed by atoms with Crippen LogP contribution in [0.1, 0.15) is 86.4 Å². The van der Waals surface area contributed by atoms with Crippen LogP contribution in [0.4, 0.5) is 4.79 Å². The zero-order chi connectivity index (χ0) is 21.1. The number of benzene rings is 1. The molecule has 2 N–H and O–H groups in total. The second kappa shape index (κ2) is 9.16. The lowest BCUT2D eigenvalue weighted by atomic mass is 9.85. The molecule has 162 valence electrons. The largest absolute Gasteiger partial charge is 0.366 e. The lowest BCUT2D eigenvalue weighted by Crippen LogP contribution is -2.48. The number of fused-ring (bicyclic) bond motifs is 1. The number of nitrogens with one attached hydrogen (secondary N) is 2. The van der Waals surface area contributed by atoms with Crippen LogP contribution in [0.2, 0.25) is 0 Å². The molecule has 1 aromatic carbocycles. The molecule has 1 fully saturated rings. The number of aromatic amines is 1. The highest BCUT2D eigenvalue weighted by atomic mass is 16.5. The van der Waals surface area contributed by atoms with Gasteiger partial charge in [-0.05, 0) is 48.3 Å². The summed E-state index contributed by atoms with van der Waals surface area (Å²) in [5, 5.41) is 10.6. The van der Waals surface area contributed by atoms with Crippen molar-refractivity contribution in [2.24, 2.45) is 0 Å². The first kappa shape index (κ1) is 20.8. The van der Waals surface area contributed by atoms with Gasteiger partial charge in [-0.1, -0.05) is 39.0 Å². The first-order chi connectivity index (χ1) is 14.5. The molecule has 1 saturated heterocycles. The monoisotopic (exact) mass is 411 g/mol. The smallest absolute Gasteiger partial charge is 0.318 e. The van der Waals surface area contributed by atoms with Crippen LogP contribution in [-0.4, -0.2) is 45.8 Å². The van der Waals surface area contributed by atoms with Gasteiger partial charge in [0.15, 0.2) is 5.82 Å². The van der Waals surface area contributed by atoms with Crippen LogP contribution in [0, 0.1) is 0 Å². The highest BCUT2D eigenvalue weighted by Crippen LogP contribution is 2.32. The van der Waals surface area contributed by atoms with Crippen LogP contribution < -0.4 is 5.32 Å². The number of aromatic nitrogens is 3. The summed E-state index contributed by atoms with van der Waals surface area (Å²) in [7, 11) is 0. The van der Waals surface area contributed by atoms with Crippen LogP contribution in [0.3, 0.4) is 0 Å². The van der Waals surface area contributed by atoms with E-state index in [1.54, 1.807) is 0 Å². The molecule has 0 bridgehead atoms. The maximum atomic E-state index is 13.1. The third-order valence-electron chi connectivity index (χ3n) is 6.13. The summed E-state index contributed by atoms with van der Waals surface area (Å²) >= 11 is 0. The van der Waals surface area contributed by atoms with Gasteiger partial charge in [0, 0.05) is 13.0 Å². The van der Waals surface area contributed by atoms with Crippen molar-refractivity contribution >= 4 is 6.03 Å². The Balaban J connectivity index is 1.43. The number of H-pyrrole nitrogens is 1. The van der Waals surface area contributed by atoms with Crippen molar-refractivity contribution < 1.29 is 9.53 Å². The van der Waals surface area contributed by atoms with Crippen molar-refractivity contribution in [3.05, 3.63) is 46.5 Å². The highest BCUT2D eigenvalue weighted by Gasteiger charge is 2.30. The van der Waals surface area contributed by atoms with Gasteiger partial charge >= 0.3 is 6.03 Å². The number of hydrogen-bond donors (Lipinski definition) is 2. The fourth-order valence-electron chi connectivity index (χ4n) is 4.36. The Kier molecular flexibility index (Phi) is 6.37. The summed E-state index contributed by atoms with van der Waals surface area (Å²) in [5.41, 5.74) is 3.97. The third-order valence-corrected chi connectivity index (χ3v) is 6.13. The summed E-state index contributed by atoms with van der Waals surface area (Å²) in [5.74, 6) is 1.99. The standard InChI is InChI=1S/C23H33N5O2/c1-4-6-21-25-22(27-26-21)20-14-28(11-12-30-20)23(29)24-19-8-5-7-16-9-10-17(15(2)3)13-18(16)19/h9-10,13,15,19-20H,4-8,11-12,14H2,1-3H3,(H,24,29)(H,25,26,27)/t19-,20?/m1/s1. The molecule has 2 aromatic rings. The Morgan fingerprint density at radius 2 is 2.27 bits per heavy atom. The number of nitrogens with zero attached hydrogens (tertiary/aromatic N) is 3. The number of aryl methyl sites for hydroxylation is 2. The van der Waals surface area contributed by atoms with E-state index in [-0.39, 0.29) is 18.2 Å². The molecule has 2 atom stereocenters. The molecule has 0 radical (unpaired) electrons. The van der Waals surface area contributed by atoms with E-state index in [9.17, 15) is 4.79 Å². The van der Waals surface area contributed by atoms with E-state index < -0.39 is 0 Å². The van der Waals surface area contributed by atoms with E-state index in [0.717, 1.165) is 37.9 Å². The van der Waals surface area contributed by atoms with Crippen molar-refractivity contribution in [2.75, 3.05) is 19.7 Å². The average Bonchev–Trinajstić information content (AvgIpc) is 3.23. The summed E-state index contributed by atoms with van der Waals surface area (Å²) in [4.78, 5) is 19.5. The molecule has 0 spiro atoms. The van der Waals surface area contributed by atoms with Gasteiger partial charge in [-0.25, -0.2) is 9.78 Å². The lowest BCUT2D eigenvalue weighted by molar-refractivity contribution is -0.0202. The van der Waals surface area contributed by atoms with Crippen LogP contribution >= 0.6 is 0 Å². The summed E-state index contributed by atoms with van der Waals surface area (Å²) in [6, 6.07) is 6.80. The van der Waals surface area contributed by atoms with Gasteiger partial charge in [-0.2, -0.15) is 5.10 Å². The van der Waals surface area contributed by atoms with Crippen LogP contribution in [0.15, 0.2) is 18.2 Å². The number of rotatable bonds is 5. The Bertz CT molecular complexity index is 878. The Morgan fingerprint density at radius 1 is 1.40 bits per heavy atom. The van der Waals surface area contributed by atoms with E-state index in [1.807, 2.05) is 4.90 Å². The van der Waals surface area contributed by atoms with Gasteiger partial charge in [-0.15, -0.1) is 0 Å². The molecule has 30 heavy (non-hydrogen) atoms. The molecule has 0 saturated carbocycles. The highest BCUT2D eigenvalue weighted by molar-refractivity contribution is 5.75. The molecule has 1 aromatic heterocycles. The zero-order valence-electron chi connectivity index (χ0n) is 18.3. The molecule has 2 heterocycles. The van der Waals surface area contributed by atoms with Gasteiger partial charge in [0.25, 0.3) is 0 Å².